The molecule has 1 saturated carbocycles. The fourth-order valence-electron chi connectivity index (χ4n) is 2.26. The van der Waals surface area contributed by atoms with Gasteiger partial charge in [-0.3, -0.25) is 9.59 Å². The third kappa shape index (κ3) is 5.04. The van der Waals surface area contributed by atoms with Crippen molar-refractivity contribution in [3.05, 3.63) is 0 Å². The van der Waals surface area contributed by atoms with Crippen molar-refractivity contribution >= 4 is 11.9 Å². The number of carbonyl (C=O) groups excluding carboxylic acids is 2. The van der Waals surface area contributed by atoms with E-state index in [0.29, 0.717) is 19.1 Å². The summed E-state index contributed by atoms with van der Waals surface area (Å²) in [6, 6.07) is 0.468. The molecule has 0 spiro atoms. The molecule has 1 rings (SSSR count). The molecule has 0 heterocycles. The number of nitrogens with zero attached hydrogens (tertiary/aromatic N) is 1. The molecule has 1 aliphatic carbocycles. The van der Waals surface area contributed by atoms with Gasteiger partial charge in [0.25, 0.3) is 0 Å². The van der Waals surface area contributed by atoms with Gasteiger partial charge in [0.05, 0.1) is 13.7 Å². The van der Waals surface area contributed by atoms with Gasteiger partial charge in [0.2, 0.25) is 5.91 Å². The second-order valence-electron chi connectivity index (χ2n) is 4.75. The monoisotopic (exact) mass is 256 g/mol. The SMILES string of the molecule is CCCN(CC(=O)OC)C(=O)CNC1CCCC1. The van der Waals surface area contributed by atoms with Gasteiger partial charge in [0.15, 0.2) is 0 Å². The van der Waals surface area contributed by atoms with Gasteiger partial charge in [0.1, 0.15) is 6.54 Å². The van der Waals surface area contributed by atoms with Crippen molar-refractivity contribution in [3.63, 3.8) is 0 Å². The number of hydrogen-bond donors (Lipinski definition) is 1. The van der Waals surface area contributed by atoms with Crippen molar-refractivity contribution in [2.45, 2.75) is 45.1 Å². The number of carbonyl (C=O) groups is 2. The third-order valence-electron chi connectivity index (χ3n) is 3.29. The lowest BCUT2D eigenvalue weighted by molar-refractivity contribution is -0.146. The van der Waals surface area contributed by atoms with Gasteiger partial charge in [-0.15, -0.1) is 0 Å². The standard InChI is InChI=1S/C13H24N2O3/c1-3-8-15(10-13(17)18-2)12(16)9-14-11-6-4-5-7-11/h11,14H,3-10H2,1-2H3. The van der Waals surface area contributed by atoms with E-state index in [1.807, 2.05) is 6.92 Å². The van der Waals surface area contributed by atoms with Crippen molar-refractivity contribution in [1.82, 2.24) is 10.2 Å². The first-order chi connectivity index (χ1) is 8.67. The predicted molar refractivity (Wildman–Crippen MR) is 69.1 cm³/mol. The minimum absolute atomic E-state index is 0.0193. The van der Waals surface area contributed by atoms with E-state index in [1.54, 1.807) is 4.90 Å². The summed E-state index contributed by atoms with van der Waals surface area (Å²) in [5.74, 6) is -0.383. The van der Waals surface area contributed by atoms with Gasteiger partial charge in [-0.25, -0.2) is 0 Å². The molecule has 0 unspecified atom stereocenters. The summed E-state index contributed by atoms with van der Waals surface area (Å²) in [5, 5.41) is 3.27. The van der Waals surface area contributed by atoms with E-state index in [2.05, 4.69) is 10.1 Å². The van der Waals surface area contributed by atoms with Crippen LogP contribution in [-0.2, 0) is 14.3 Å². The number of methoxy groups -OCH3 is 1. The molecule has 0 bridgehead atoms. The summed E-state index contributed by atoms with van der Waals surface area (Å²) in [7, 11) is 1.34. The molecule has 0 aromatic heterocycles. The lowest BCUT2D eigenvalue weighted by atomic mass is 10.2. The van der Waals surface area contributed by atoms with Crippen molar-refractivity contribution < 1.29 is 14.3 Å². The normalized spacial score (nSPS) is 15.7. The maximum Gasteiger partial charge on any atom is 0.325 e. The summed E-state index contributed by atoms with van der Waals surface area (Å²) in [5.41, 5.74) is 0. The van der Waals surface area contributed by atoms with Crippen molar-refractivity contribution in [2.24, 2.45) is 0 Å². The maximum absolute atomic E-state index is 12.0. The predicted octanol–water partition coefficient (Wildman–Crippen LogP) is 0.930. The largest absolute Gasteiger partial charge is 0.468 e. The molecule has 0 aliphatic heterocycles. The smallest absolute Gasteiger partial charge is 0.325 e. The average Bonchev–Trinajstić information content (AvgIpc) is 2.88. The molecular weight excluding hydrogens is 232 g/mol. The number of esters is 1. The summed E-state index contributed by atoms with van der Waals surface area (Å²) >= 11 is 0. The molecule has 18 heavy (non-hydrogen) atoms. The molecule has 1 fully saturated rings. The van der Waals surface area contributed by atoms with Crippen LogP contribution in [0.15, 0.2) is 0 Å². The Kier molecular flexibility index (Phi) is 6.72. The molecular formula is C13H24N2O3. The van der Waals surface area contributed by atoms with Crippen LogP contribution >= 0.6 is 0 Å². The van der Waals surface area contributed by atoms with E-state index >= 15 is 0 Å². The van der Waals surface area contributed by atoms with Gasteiger partial charge in [-0.05, 0) is 19.3 Å². The number of amides is 1. The molecule has 0 aromatic carbocycles. The Labute approximate surface area is 109 Å². The Morgan fingerprint density at radius 3 is 2.56 bits per heavy atom. The molecule has 1 N–H and O–H groups in total. The number of hydrogen-bond acceptors (Lipinski definition) is 4. The lowest BCUT2D eigenvalue weighted by Crippen LogP contribution is -2.43. The molecule has 0 aromatic rings. The highest BCUT2D eigenvalue weighted by molar-refractivity contribution is 5.83. The first kappa shape index (κ1) is 15.0. The van der Waals surface area contributed by atoms with Crippen LogP contribution in [-0.4, -0.2) is 49.6 Å². The van der Waals surface area contributed by atoms with Crippen LogP contribution in [0, 0.1) is 0 Å². The first-order valence-electron chi connectivity index (χ1n) is 6.75. The van der Waals surface area contributed by atoms with Crippen LogP contribution in [0.25, 0.3) is 0 Å². The minimum Gasteiger partial charge on any atom is -0.468 e. The lowest BCUT2D eigenvalue weighted by Gasteiger charge is -2.22. The molecule has 0 atom stereocenters. The van der Waals surface area contributed by atoms with Crippen LogP contribution in [0.2, 0.25) is 0 Å². The molecule has 104 valence electrons. The molecule has 0 saturated heterocycles. The first-order valence-corrected chi connectivity index (χ1v) is 6.75. The quantitative estimate of drug-likeness (QED) is 0.688. The van der Waals surface area contributed by atoms with E-state index in [9.17, 15) is 9.59 Å². The maximum atomic E-state index is 12.0. The fraction of sp³-hybridized carbons (Fsp3) is 0.846. The third-order valence-corrected chi connectivity index (χ3v) is 3.29. The zero-order chi connectivity index (χ0) is 13.4. The van der Waals surface area contributed by atoms with Gasteiger partial charge >= 0.3 is 5.97 Å². The Balaban J connectivity index is 2.35. The molecule has 1 aliphatic rings. The van der Waals surface area contributed by atoms with Crippen LogP contribution in [0.5, 0.6) is 0 Å². The minimum atomic E-state index is -0.363. The summed E-state index contributed by atoms with van der Waals surface area (Å²) in [6.45, 7) is 2.96. The highest BCUT2D eigenvalue weighted by atomic mass is 16.5. The highest BCUT2D eigenvalue weighted by Gasteiger charge is 2.19. The zero-order valence-corrected chi connectivity index (χ0v) is 11.4. The van der Waals surface area contributed by atoms with Crippen LogP contribution in [0.3, 0.4) is 0 Å². The van der Waals surface area contributed by atoms with Gasteiger partial charge in [0, 0.05) is 12.6 Å². The summed E-state index contributed by atoms with van der Waals surface area (Å²) < 4.78 is 4.60. The fourth-order valence-corrected chi connectivity index (χ4v) is 2.26. The van der Waals surface area contributed by atoms with E-state index in [1.165, 1.54) is 20.0 Å². The van der Waals surface area contributed by atoms with Crippen molar-refractivity contribution in [1.29, 1.82) is 0 Å². The summed E-state index contributed by atoms with van der Waals surface area (Å²) in [6.07, 6.45) is 5.63. The highest BCUT2D eigenvalue weighted by Crippen LogP contribution is 2.17. The van der Waals surface area contributed by atoms with Gasteiger partial charge in [-0.2, -0.15) is 0 Å². The van der Waals surface area contributed by atoms with E-state index in [-0.39, 0.29) is 18.4 Å². The van der Waals surface area contributed by atoms with Gasteiger partial charge in [-0.1, -0.05) is 19.8 Å². The Hall–Kier alpha value is -1.10. The van der Waals surface area contributed by atoms with Crippen LogP contribution in [0.1, 0.15) is 39.0 Å². The van der Waals surface area contributed by atoms with Gasteiger partial charge < -0.3 is 15.0 Å². The van der Waals surface area contributed by atoms with Crippen LogP contribution < -0.4 is 5.32 Å². The Morgan fingerprint density at radius 1 is 1.33 bits per heavy atom. The van der Waals surface area contributed by atoms with E-state index in [4.69, 9.17) is 0 Å². The van der Waals surface area contributed by atoms with Crippen molar-refractivity contribution in [2.75, 3.05) is 26.7 Å². The van der Waals surface area contributed by atoms with Crippen LogP contribution in [0.4, 0.5) is 0 Å². The zero-order valence-electron chi connectivity index (χ0n) is 11.4. The number of nitrogens with one attached hydrogen (secondary N) is 1. The van der Waals surface area contributed by atoms with E-state index < -0.39 is 0 Å². The van der Waals surface area contributed by atoms with E-state index in [0.717, 1.165) is 19.3 Å². The topological polar surface area (TPSA) is 58.6 Å². The summed E-state index contributed by atoms with van der Waals surface area (Å²) in [4.78, 5) is 24.8. The Morgan fingerprint density at radius 2 is 2.00 bits per heavy atom. The second-order valence-corrected chi connectivity index (χ2v) is 4.75. The Bertz CT molecular complexity index is 275. The molecule has 5 nitrogen and oxygen atoms in total. The molecule has 0 radical (unpaired) electrons. The van der Waals surface area contributed by atoms with Crippen molar-refractivity contribution in [3.8, 4) is 0 Å². The number of rotatable bonds is 7. The molecule has 1 amide bonds. The molecule has 5 heteroatoms. The second kappa shape index (κ2) is 8.08. The number of ether oxygens (including phenoxy) is 1. The average molecular weight is 256 g/mol.